The summed E-state index contributed by atoms with van der Waals surface area (Å²) in [5.41, 5.74) is 0. The molecular weight excluding hydrogens is 166 g/mol. The van der Waals surface area contributed by atoms with Crippen LogP contribution in [-0.4, -0.2) is 34.6 Å². The van der Waals surface area contributed by atoms with Crippen LogP contribution >= 0.6 is 0 Å². The molecule has 0 bridgehead atoms. The normalized spacial score (nSPS) is 31.9. The monoisotopic (exact) mass is 185 g/mol. The average Bonchev–Trinajstić information content (AvgIpc) is 2.46. The molecule has 0 saturated carbocycles. The van der Waals surface area contributed by atoms with Crippen molar-refractivity contribution in [2.45, 2.75) is 45.7 Å². The molecule has 0 aliphatic carbocycles. The van der Waals surface area contributed by atoms with Gasteiger partial charge in [-0.15, -0.1) is 0 Å². The van der Waals surface area contributed by atoms with Crippen molar-refractivity contribution >= 4 is 5.97 Å². The van der Waals surface area contributed by atoms with Crippen molar-refractivity contribution in [3.8, 4) is 0 Å². The van der Waals surface area contributed by atoms with Gasteiger partial charge in [0.2, 0.25) is 0 Å². The third kappa shape index (κ3) is 2.21. The standard InChI is InChI=1S/C10H19NO2/c1-4-8(3)11-6-7(2)5-9(11)10(12)13/h7-9H,4-6H2,1-3H3,(H,12,13). The Morgan fingerprint density at radius 3 is 2.77 bits per heavy atom. The molecule has 76 valence electrons. The first kappa shape index (κ1) is 10.5. The van der Waals surface area contributed by atoms with Crippen molar-refractivity contribution in [1.82, 2.24) is 4.90 Å². The summed E-state index contributed by atoms with van der Waals surface area (Å²) in [6.07, 6.45) is 1.83. The van der Waals surface area contributed by atoms with Crippen LogP contribution in [0.1, 0.15) is 33.6 Å². The molecule has 0 radical (unpaired) electrons. The molecule has 1 aliphatic rings. The number of aliphatic carboxylic acids is 1. The molecule has 3 heteroatoms. The fourth-order valence-corrected chi connectivity index (χ4v) is 2.04. The maximum Gasteiger partial charge on any atom is 0.320 e. The van der Waals surface area contributed by atoms with Gasteiger partial charge in [-0.05, 0) is 25.7 Å². The van der Waals surface area contributed by atoms with Crippen LogP contribution in [0.3, 0.4) is 0 Å². The number of carbonyl (C=O) groups is 1. The lowest BCUT2D eigenvalue weighted by Crippen LogP contribution is -2.41. The van der Waals surface area contributed by atoms with E-state index in [0.29, 0.717) is 12.0 Å². The lowest BCUT2D eigenvalue weighted by molar-refractivity contribution is -0.142. The Balaban J connectivity index is 2.65. The SMILES string of the molecule is CCC(C)N1CC(C)CC1C(=O)O. The molecule has 1 aliphatic heterocycles. The zero-order valence-electron chi connectivity index (χ0n) is 8.66. The van der Waals surface area contributed by atoms with Gasteiger partial charge < -0.3 is 5.11 Å². The van der Waals surface area contributed by atoms with Gasteiger partial charge in [0.25, 0.3) is 0 Å². The maximum absolute atomic E-state index is 10.9. The quantitative estimate of drug-likeness (QED) is 0.725. The van der Waals surface area contributed by atoms with Gasteiger partial charge in [-0.1, -0.05) is 13.8 Å². The Morgan fingerprint density at radius 2 is 2.31 bits per heavy atom. The van der Waals surface area contributed by atoms with E-state index < -0.39 is 5.97 Å². The Hall–Kier alpha value is -0.570. The minimum Gasteiger partial charge on any atom is -0.480 e. The Labute approximate surface area is 79.7 Å². The second-order valence-corrected chi connectivity index (χ2v) is 4.15. The molecule has 3 unspecified atom stereocenters. The van der Waals surface area contributed by atoms with Crippen molar-refractivity contribution in [1.29, 1.82) is 0 Å². The molecule has 1 rings (SSSR count). The number of carboxylic acid groups (broad SMARTS) is 1. The molecule has 0 spiro atoms. The Kier molecular flexibility index (Phi) is 3.31. The number of rotatable bonds is 3. The molecule has 1 fully saturated rings. The van der Waals surface area contributed by atoms with Crippen molar-refractivity contribution in [2.75, 3.05) is 6.54 Å². The molecule has 0 amide bonds. The highest BCUT2D eigenvalue weighted by atomic mass is 16.4. The van der Waals surface area contributed by atoms with E-state index in [2.05, 4.69) is 25.7 Å². The summed E-state index contributed by atoms with van der Waals surface area (Å²) in [6.45, 7) is 7.27. The molecule has 0 aromatic rings. The summed E-state index contributed by atoms with van der Waals surface area (Å²) in [7, 11) is 0. The first-order chi connectivity index (χ1) is 6.06. The van der Waals surface area contributed by atoms with Gasteiger partial charge >= 0.3 is 5.97 Å². The largest absolute Gasteiger partial charge is 0.480 e. The molecule has 1 heterocycles. The molecule has 1 N–H and O–H groups in total. The van der Waals surface area contributed by atoms with Gasteiger partial charge in [0.1, 0.15) is 6.04 Å². The first-order valence-electron chi connectivity index (χ1n) is 5.04. The Bertz CT molecular complexity index is 193. The number of carboxylic acids is 1. The predicted molar refractivity (Wildman–Crippen MR) is 51.7 cm³/mol. The van der Waals surface area contributed by atoms with Crippen molar-refractivity contribution in [3.63, 3.8) is 0 Å². The molecule has 3 nitrogen and oxygen atoms in total. The average molecular weight is 185 g/mol. The van der Waals surface area contributed by atoms with Crippen LogP contribution < -0.4 is 0 Å². The highest BCUT2D eigenvalue weighted by Gasteiger charge is 2.36. The van der Waals surface area contributed by atoms with Gasteiger partial charge in [0, 0.05) is 12.6 Å². The molecular formula is C10H19NO2. The fourth-order valence-electron chi connectivity index (χ4n) is 2.04. The minimum atomic E-state index is -0.662. The van der Waals surface area contributed by atoms with Crippen LogP contribution in [0.15, 0.2) is 0 Å². The van der Waals surface area contributed by atoms with E-state index >= 15 is 0 Å². The van der Waals surface area contributed by atoms with Gasteiger partial charge in [0.15, 0.2) is 0 Å². The van der Waals surface area contributed by atoms with E-state index in [-0.39, 0.29) is 6.04 Å². The molecule has 0 aromatic carbocycles. The van der Waals surface area contributed by atoms with E-state index in [4.69, 9.17) is 5.11 Å². The maximum atomic E-state index is 10.9. The predicted octanol–water partition coefficient (Wildman–Crippen LogP) is 1.58. The highest BCUT2D eigenvalue weighted by molar-refractivity contribution is 5.73. The van der Waals surface area contributed by atoms with Crippen LogP contribution in [0.25, 0.3) is 0 Å². The number of nitrogens with zero attached hydrogens (tertiary/aromatic N) is 1. The first-order valence-corrected chi connectivity index (χ1v) is 5.04. The number of hydrogen-bond acceptors (Lipinski definition) is 2. The topological polar surface area (TPSA) is 40.5 Å². The summed E-state index contributed by atoms with van der Waals surface area (Å²) in [5.74, 6) is -0.139. The third-order valence-corrected chi connectivity index (χ3v) is 2.99. The summed E-state index contributed by atoms with van der Waals surface area (Å²) in [6, 6.07) is 0.149. The molecule has 1 saturated heterocycles. The lowest BCUT2D eigenvalue weighted by atomic mass is 10.1. The summed E-state index contributed by atoms with van der Waals surface area (Å²) in [4.78, 5) is 13.1. The second-order valence-electron chi connectivity index (χ2n) is 4.15. The van der Waals surface area contributed by atoms with E-state index in [9.17, 15) is 4.79 Å². The fraction of sp³-hybridized carbons (Fsp3) is 0.900. The van der Waals surface area contributed by atoms with Crippen LogP contribution in [0.4, 0.5) is 0 Å². The lowest BCUT2D eigenvalue weighted by Gasteiger charge is -2.27. The summed E-state index contributed by atoms with van der Waals surface area (Å²) >= 11 is 0. The van der Waals surface area contributed by atoms with Crippen LogP contribution in [0.2, 0.25) is 0 Å². The van der Waals surface area contributed by atoms with E-state index in [0.717, 1.165) is 19.4 Å². The van der Waals surface area contributed by atoms with E-state index in [1.165, 1.54) is 0 Å². The second kappa shape index (κ2) is 4.09. The minimum absolute atomic E-state index is 0.245. The number of hydrogen-bond donors (Lipinski definition) is 1. The van der Waals surface area contributed by atoms with Crippen molar-refractivity contribution in [2.24, 2.45) is 5.92 Å². The Morgan fingerprint density at radius 1 is 1.69 bits per heavy atom. The van der Waals surface area contributed by atoms with E-state index in [1.54, 1.807) is 0 Å². The van der Waals surface area contributed by atoms with Crippen LogP contribution in [0, 0.1) is 5.92 Å². The third-order valence-electron chi connectivity index (χ3n) is 2.99. The molecule has 13 heavy (non-hydrogen) atoms. The summed E-state index contributed by atoms with van der Waals surface area (Å²) < 4.78 is 0. The van der Waals surface area contributed by atoms with Crippen molar-refractivity contribution < 1.29 is 9.90 Å². The zero-order chi connectivity index (χ0) is 10.0. The van der Waals surface area contributed by atoms with E-state index in [1.807, 2.05) is 0 Å². The highest BCUT2D eigenvalue weighted by Crippen LogP contribution is 2.25. The van der Waals surface area contributed by atoms with Crippen LogP contribution in [-0.2, 0) is 4.79 Å². The van der Waals surface area contributed by atoms with Crippen LogP contribution in [0.5, 0.6) is 0 Å². The van der Waals surface area contributed by atoms with Gasteiger partial charge in [0.05, 0.1) is 0 Å². The smallest absolute Gasteiger partial charge is 0.320 e. The van der Waals surface area contributed by atoms with Gasteiger partial charge in [-0.25, -0.2) is 0 Å². The molecule has 0 aromatic heterocycles. The zero-order valence-corrected chi connectivity index (χ0v) is 8.66. The molecule has 3 atom stereocenters. The summed E-state index contributed by atoms with van der Waals surface area (Å²) in [5, 5.41) is 9.00. The van der Waals surface area contributed by atoms with Crippen molar-refractivity contribution in [3.05, 3.63) is 0 Å². The number of likely N-dealkylation sites (tertiary alicyclic amines) is 1. The van der Waals surface area contributed by atoms with Gasteiger partial charge in [-0.3, -0.25) is 9.69 Å². The van der Waals surface area contributed by atoms with Gasteiger partial charge in [-0.2, -0.15) is 0 Å².